The zero-order valence-electron chi connectivity index (χ0n) is 8.49. The van der Waals surface area contributed by atoms with E-state index in [4.69, 9.17) is 0 Å². The van der Waals surface area contributed by atoms with Crippen molar-refractivity contribution in [3.63, 3.8) is 0 Å². The van der Waals surface area contributed by atoms with Crippen LogP contribution in [-0.4, -0.2) is 4.98 Å². The number of rotatable bonds is 1. The summed E-state index contributed by atoms with van der Waals surface area (Å²) in [5.41, 5.74) is 3.57. The van der Waals surface area contributed by atoms with Crippen LogP contribution in [0.4, 0.5) is 0 Å². The van der Waals surface area contributed by atoms with E-state index < -0.39 is 0 Å². The van der Waals surface area contributed by atoms with Crippen LogP contribution in [0, 0.1) is 0 Å². The highest BCUT2D eigenvalue weighted by atomic mass is 14.6. The van der Waals surface area contributed by atoms with Gasteiger partial charge in [-0.1, -0.05) is 35.9 Å². The highest BCUT2D eigenvalue weighted by molar-refractivity contribution is 5.87. The number of pyridine rings is 1. The Hall–Kier alpha value is -1.63. The van der Waals surface area contributed by atoms with E-state index in [2.05, 4.69) is 49.2 Å². The van der Waals surface area contributed by atoms with Crippen LogP contribution in [0.2, 0.25) is 0 Å². The van der Waals surface area contributed by atoms with Crippen molar-refractivity contribution in [2.45, 2.75) is 13.8 Å². The maximum absolute atomic E-state index is 4.39. The van der Waals surface area contributed by atoms with Gasteiger partial charge in [-0.25, -0.2) is 0 Å². The molecule has 2 aromatic rings. The van der Waals surface area contributed by atoms with E-state index in [1.165, 1.54) is 16.5 Å². The lowest BCUT2D eigenvalue weighted by molar-refractivity contribution is 1.39. The Balaban J connectivity index is 2.71. The second-order valence-electron chi connectivity index (χ2n) is 3.64. The molecule has 0 bridgehead atoms. The predicted octanol–water partition coefficient (Wildman–Crippen LogP) is 3.66. The molecule has 0 saturated heterocycles. The highest BCUT2D eigenvalue weighted by Gasteiger charge is 1.97. The second kappa shape index (κ2) is 3.62. The van der Waals surface area contributed by atoms with Gasteiger partial charge in [0.2, 0.25) is 0 Å². The van der Waals surface area contributed by atoms with Gasteiger partial charge >= 0.3 is 0 Å². The summed E-state index contributed by atoms with van der Waals surface area (Å²) in [6.07, 6.45) is 4.00. The predicted molar refractivity (Wildman–Crippen MR) is 61.1 cm³/mol. The molecule has 70 valence electrons. The molecule has 1 heterocycles. The average Bonchev–Trinajstić information content (AvgIpc) is 2.18. The molecule has 0 N–H and O–H groups in total. The smallest absolute Gasteiger partial charge is 0.0774 e. The van der Waals surface area contributed by atoms with Crippen LogP contribution in [0.25, 0.3) is 17.0 Å². The van der Waals surface area contributed by atoms with Crippen molar-refractivity contribution in [2.75, 3.05) is 0 Å². The molecule has 0 spiro atoms. The van der Waals surface area contributed by atoms with Crippen molar-refractivity contribution in [2.24, 2.45) is 0 Å². The summed E-state index contributed by atoms with van der Waals surface area (Å²) >= 11 is 0. The Morgan fingerprint density at radius 3 is 2.71 bits per heavy atom. The third-order valence-electron chi connectivity index (χ3n) is 2.11. The SMILES string of the molecule is CC(C)=Cc1cccc2cccnc12. The molecule has 14 heavy (non-hydrogen) atoms. The molecule has 0 radical (unpaired) electrons. The first-order valence-electron chi connectivity index (χ1n) is 4.76. The van der Waals surface area contributed by atoms with Gasteiger partial charge < -0.3 is 0 Å². The zero-order valence-corrected chi connectivity index (χ0v) is 8.49. The first-order chi connectivity index (χ1) is 6.77. The molecule has 0 aliphatic heterocycles. The Morgan fingerprint density at radius 2 is 1.93 bits per heavy atom. The van der Waals surface area contributed by atoms with Crippen molar-refractivity contribution in [3.8, 4) is 0 Å². The Kier molecular flexibility index (Phi) is 2.32. The Morgan fingerprint density at radius 1 is 1.14 bits per heavy atom. The quantitative estimate of drug-likeness (QED) is 0.657. The maximum Gasteiger partial charge on any atom is 0.0774 e. The lowest BCUT2D eigenvalue weighted by Gasteiger charge is -2.00. The molecule has 0 aliphatic rings. The molecular formula is C13H13N. The van der Waals surface area contributed by atoms with Crippen LogP contribution in [0.5, 0.6) is 0 Å². The largest absolute Gasteiger partial charge is 0.256 e. The third-order valence-corrected chi connectivity index (χ3v) is 2.11. The minimum Gasteiger partial charge on any atom is -0.256 e. The average molecular weight is 183 g/mol. The highest BCUT2D eigenvalue weighted by Crippen LogP contribution is 2.18. The van der Waals surface area contributed by atoms with Gasteiger partial charge in [0.05, 0.1) is 5.52 Å². The lowest BCUT2D eigenvalue weighted by Crippen LogP contribution is -1.82. The van der Waals surface area contributed by atoms with E-state index in [9.17, 15) is 0 Å². The van der Waals surface area contributed by atoms with Crippen LogP contribution >= 0.6 is 0 Å². The van der Waals surface area contributed by atoms with Gasteiger partial charge in [-0.15, -0.1) is 0 Å². The van der Waals surface area contributed by atoms with Crippen molar-refractivity contribution in [3.05, 3.63) is 47.7 Å². The number of aromatic nitrogens is 1. The summed E-state index contributed by atoms with van der Waals surface area (Å²) in [7, 11) is 0. The molecule has 1 aromatic carbocycles. The first kappa shape index (κ1) is 8.95. The molecule has 0 unspecified atom stereocenters. The topological polar surface area (TPSA) is 12.9 Å². The maximum atomic E-state index is 4.39. The summed E-state index contributed by atoms with van der Waals surface area (Å²) in [6.45, 7) is 4.20. The van der Waals surface area contributed by atoms with Crippen LogP contribution in [0.3, 0.4) is 0 Å². The molecule has 0 aliphatic carbocycles. The van der Waals surface area contributed by atoms with Crippen molar-refractivity contribution in [1.82, 2.24) is 4.98 Å². The summed E-state index contributed by atoms with van der Waals surface area (Å²) in [5, 5.41) is 1.20. The molecule has 0 amide bonds. The molecule has 1 heteroatoms. The minimum absolute atomic E-state index is 1.08. The Labute approximate surface area is 84.1 Å². The molecule has 1 aromatic heterocycles. The first-order valence-corrected chi connectivity index (χ1v) is 4.76. The van der Waals surface area contributed by atoms with Gasteiger partial charge in [-0.05, 0) is 19.9 Å². The van der Waals surface area contributed by atoms with Crippen molar-refractivity contribution < 1.29 is 0 Å². The summed E-state index contributed by atoms with van der Waals surface area (Å²) < 4.78 is 0. The summed E-state index contributed by atoms with van der Waals surface area (Å²) in [5.74, 6) is 0. The number of allylic oxidation sites excluding steroid dienone is 1. The van der Waals surface area contributed by atoms with Gasteiger partial charge in [-0.2, -0.15) is 0 Å². The second-order valence-corrected chi connectivity index (χ2v) is 3.64. The fraction of sp³-hybridized carbons (Fsp3) is 0.154. The standard InChI is InChI=1S/C13H13N/c1-10(2)9-12-6-3-5-11-7-4-8-14-13(11)12/h3-9H,1-2H3. The molecule has 2 rings (SSSR count). The summed E-state index contributed by atoms with van der Waals surface area (Å²) in [6, 6.07) is 10.3. The molecule has 0 saturated carbocycles. The number of hydrogen-bond acceptors (Lipinski definition) is 1. The van der Waals surface area contributed by atoms with E-state index in [1.807, 2.05) is 12.3 Å². The van der Waals surface area contributed by atoms with Gasteiger partial charge in [-0.3, -0.25) is 4.98 Å². The van der Waals surface area contributed by atoms with E-state index in [-0.39, 0.29) is 0 Å². The van der Waals surface area contributed by atoms with Gasteiger partial charge in [0.15, 0.2) is 0 Å². The number of nitrogens with zero attached hydrogens (tertiary/aromatic N) is 1. The normalized spacial score (nSPS) is 10.1. The van der Waals surface area contributed by atoms with E-state index in [0.29, 0.717) is 0 Å². The van der Waals surface area contributed by atoms with E-state index in [1.54, 1.807) is 0 Å². The fourth-order valence-electron chi connectivity index (χ4n) is 1.56. The van der Waals surface area contributed by atoms with Crippen molar-refractivity contribution in [1.29, 1.82) is 0 Å². The van der Waals surface area contributed by atoms with Crippen LogP contribution < -0.4 is 0 Å². The van der Waals surface area contributed by atoms with Crippen LogP contribution in [0.15, 0.2) is 42.1 Å². The molecule has 1 nitrogen and oxygen atoms in total. The fourth-order valence-corrected chi connectivity index (χ4v) is 1.56. The van der Waals surface area contributed by atoms with Crippen LogP contribution in [0.1, 0.15) is 19.4 Å². The van der Waals surface area contributed by atoms with E-state index in [0.717, 1.165) is 5.52 Å². The molecular weight excluding hydrogens is 170 g/mol. The number of para-hydroxylation sites is 1. The Bertz CT molecular complexity index is 474. The third kappa shape index (κ3) is 1.67. The van der Waals surface area contributed by atoms with Crippen LogP contribution in [-0.2, 0) is 0 Å². The van der Waals surface area contributed by atoms with Gasteiger partial charge in [0, 0.05) is 17.1 Å². The molecule has 0 atom stereocenters. The monoisotopic (exact) mass is 183 g/mol. The summed E-state index contributed by atoms with van der Waals surface area (Å²) in [4.78, 5) is 4.39. The van der Waals surface area contributed by atoms with E-state index >= 15 is 0 Å². The lowest BCUT2D eigenvalue weighted by atomic mass is 10.1. The minimum atomic E-state index is 1.08. The zero-order chi connectivity index (χ0) is 9.97. The van der Waals surface area contributed by atoms with Crippen molar-refractivity contribution >= 4 is 17.0 Å². The number of benzene rings is 1. The molecule has 0 fully saturated rings. The van der Waals surface area contributed by atoms with Gasteiger partial charge in [0.25, 0.3) is 0 Å². The number of hydrogen-bond donors (Lipinski definition) is 0. The number of fused-ring (bicyclic) bond motifs is 1. The van der Waals surface area contributed by atoms with Gasteiger partial charge in [0.1, 0.15) is 0 Å².